The van der Waals surface area contributed by atoms with Crippen LogP contribution in [0.5, 0.6) is 0 Å². The third kappa shape index (κ3) is 3.18. The number of unbranched alkanes of at least 4 members (excludes halogenated alkanes) is 1. The molecule has 0 N–H and O–H groups in total. The minimum absolute atomic E-state index is 0.00611. The third-order valence-electron chi connectivity index (χ3n) is 2.07. The van der Waals surface area contributed by atoms with E-state index in [1.54, 1.807) is 0 Å². The topological polar surface area (TPSA) is 23.1 Å². The average Bonchev–Trinajstić information content (AvgIpc) is 2.00. The molecule has 62 valence electrons. The third-order valence-corrected chi connectivity index (χ3v) is 2.07. The number of nitrogens with zero attached hydrogens (tertiary/aromatic N) is 1. The van der Waals surface area contributed by atoms with Crippen molar-refractivity contribution in [3.63, 3.8) is 0 Å². The van der Waals surface area contributed by atoms with Crippen LogP contribution in [0.25, 0.3) is 0 Å². The molecule has 0 aromatic rings. The Balaban J connectivity index is 3.58. The van der Waals surface area contributed by atoms with Crippen molar-refractivity contribution in [2.24, 2.45) is 0 Å². The molecule has 0 aliphatic heterocycles. The molecule has 0 atom stereocenters. The summed E-state index contributed by atoms with van der Waals surface area (Å²) in [5, 5.41) is 11.5. The van der Waals surface area contributed by atoms with Gasteiger partial charge in [0.05, 0.1) is 19.6 Å². The van der Waals surface area contributed by atoms with E-state index in [4.69, 9.17) is 0 Å². The van der Waals surface area contributed by atoms with Gasteiger partial charge >= 0.3 is 0 Å². The average molecular weight is 145 g/mol. The number of hydrogen-bond acceptors (Lipinski definition) is 1. The van der Waals surface area contributed by atoms with Gasteiger partial charge in [-0.15, -0.1) is 0 Å². The summed E-state index contributed by atoms with van der Waals surface area (Å²) in [6, 6.07) is 0. The molecule has 0 rings (SSSR count). The summed E-state index contributed by atoms with van der Waals surface area (Å²) in [4.78, 5) is 0. The summed E-state index contributed by atoms with van der Waals surface area (Å²) in [5.74, 6) is 0. The maximum absolute atomic E-state index is 11.5. The van der Waals surface area contributed by atoms with Crippen LogP contribution in [0.15, 0.2) is 0 Å². The molecule has 0 radical (unpaired) electrons. The van der Waals surface area contributed by atoms with Crippen LogP contribution in [0.3, 0.4) is 0 Å². The second-order valence-corrected chi connectivity index (χ2v) is 2.77. The zero-order valence-corrected chi connectivity index (χ0v) is 7.39. The molecular formula is C8H19NO. The zero-order chi connectivity index (χ0) is 8.04. The second-order valence-electron chi connectivity index (χ2n) is 2.77. The van der Waals surface area contributed by atoms with Crippen LogP contribution < -0.4 is 0 Å². The van der Waals surface area contributed by atoms with E-state index in [0.717, 1.165) is 32.5 Å². The van der Waals surface area contributed by atoms with Crippen molar-refractivity contribution in [2.75, 3.05) is 19.6 Å². The smallest absolute Gasteiger partial charge is 0.0783 e. The fraction of sp³-hybridized carbons (Fsp3) is 1.00. The van der Waals surface area contributed by atoms with E-state index >= 15 is 0 Å². The lowest BCUT2D eigenvalue weighted by Gasteiger charge is -2.41. The molecule has 0 aliphatic rings. The van der Waals surface area contributed by atoms with Gasteiger partial charge in [-0.25, -0.2) is 0 Å². The molecule has 0 saturated heterocycles. The number of hydrogen-bond donors (Lipinski definition) is 0. The van der Waals surface area contributed by atoms with E-state index in [0.29, 0.717) is 0 Å². The Kier molecular flexibility index (Phi) is 4.65. The van der Waals surface area contributed by atoms with E-state index in [2.05, 4.69) is 6.92 Å². The van der Waals surface area contributed by atoms with Gasteiger partial charge in [-0.1, -0.05) is 13.3 Å². The minimum Gasteiger partial charge on any atom is -0.633 e. The van der Waals surface area contributed by atoms with E-state index in [1.165, 1.54) is 0 Å². The van der Waals surface area contributed by atoms with Crippen LogP contribution in [0.4, 0.5) is 0 Å². The molecule has 10 heavy (non-hydrogen) atoms. The lowest BCUT2D eigenvalue weighted by atomic mass is 10.3. The molecule has 0 heterocycles. The summed E-state index contributed by atoms with van der Waals surface area (Å²) in [5.41, 5.74) is 0. The van der Waals surface area contributed by atoms with Gasteiger partial charge in [-0.05, 0) is 20.3 Å². The van der Waals surface area contributed by atoms with Gasteiger partial charge in [0.25, 0.3) is 0 Å². The number of quaternary nitrogens is 1. The summed E-state index contributed by atoms with van der Waals surface area (Å²) < 4.78 is -0.00611. The molecule has 0 aromatic heterocycles. The first kappa shape index (κ1) is 9.92. The minimum atomic E-state index is -0.00611. The molecule has 0 spiro atoms. The number of hydroxylamine groups is 3. The predicted molar refractivity (Wildman–Crippen MR) is 44.5 cm³/mol. The highest BCUT2D eigenvalue weighted by Gasteiger charge is 2.08. The van der Waals surface area contributed by atoms with Crippen LogP contribution in [-0.4, -0.2) is 24.3 Å². The van der Waals surface area contributed by atoms with Crippen molar-refractivity contribution in [3.8, 4) is 0 Å². The van der Waals surface area contributed by atoms with E-state index in [-0.39, 0.29) is 4.65 Å². The Morgan fingerprint density at radius 2 is 1.60 bits per heavy atom. The highest BCUT2D eigenvalue weighted by Crippen LogP contribution is 2.05. The highest BCUT2D eigenvalue weighted by atomic mass is 16.5. The van der Waals surface area contributed by atoms with Crippen molar-refractivity contribution in [1.29, 1.82) is 0 Å². The van der Waals surface area contributed by atoms with Crippen molar-refractivity contribution < 1.29 is 4.65 Å². The lowest BCUT2D eigenvalue weighted by Crippen LogP contribution is -2.42. The molecule has 0 aliphatic carbocycles. The van der Waals surface area contributed by atoms with Crippen LogP contribution in [0, 0.1) is 5.21 Å². The molecule has 0 amide bonds. The predicted octanol–water partition coefficient (Wildman–Crippen LogP) is 2.14. The molecule has 0 unspecified atom stereocenters. The molecule has 0 bridgehead atoms. The Morgan fingerprint density at radius 3 is 1.90 bits per heavy atom. The Bertz CT molecular complexity index is 79.3. The monoisotopic (exact) mass is 145 g/mol. The summed E-state index contributed by atoms with van der Waals surface area (Å²) >= 11 is 0. The Morgan fingerprint density at radius 1 is 1.10 bits per heavy atom. The molecule has 0 saturated carbocycles. The van der Waals surface area contributed by atoms with Gasteiger partial charge in [-0.3, -0.25) is 0 Å². The van der Waals surface area contributed by atoms with Crippen molar-refractivity contribution in [2.45, 2.75) is 33.6 Å². The maximum atomic E-state index is 11.5. The summed E-state index contributed by atoms with van der Waals surface area (Å²) in [7, 11) is 0. The molecule has 0 aromatic carbocycles. The van der Waals surface area contributed by atoms with Gasteiger partial charge in [0.15, 0.2) is 0 Å². The zero-order valence-electron chi connectivity index (χ0n) is 7.39. The van der Waals surface area contributed by atoms with Gasteiger partial charge in [0.2, 0.25) is 0 Å². The Hall–Kier alpha value is -0.0800. The first-order valence-corrected chi connectivity index (χ1v) is 4.25. The largest absolute Gasteiger partial charge is 0.633 e. The van der Waals surface area contributed by atoms with Crippen molar-refractivity contribution in [3.05, 3.63) is 5.21 Å². The van der Waals surface area contributed by atoms with Crippen molar-refractivity contribution in [1.82, 2.24) is 0 Å². The molecule has 0 fully saturated rings. The van der Waals surface area contributed by atoms with Gasteiger partial charge in [0.1, 0.15) is 0 Å². The first-order valence-electron chi connectivity index (χ1n) is 4.25. The molecule has 2 heteroatoms. The van der Waals surface area contributed by atoms with E-state index in [1.807, 2.05) is 13.8 Å². The lowest BCUT2D eigenvalue weighted by molar-refractivity contribution is -0.877. The Labute approximate surface area is 64.0 Å². The summed E-state index contributed by atoms with van der Waals surface area (Å²) in [6.07, 6.45) is 2.19. The van der Waals surface area contributed by atoms with Gasteiger partial charge in [0, 0.05) is 0 Å². The molecular weight excluding hydrogens is 126 g/mol. The van der Waals surface area contributed by atoms with Gasteiger partial charge in [-0.2, -0.15) is 0 Å². The highest BCUT2D eigenvalue weighted by molar-refractivity contribution is 4.39. The quantitative estimate of drug-likeness (QED) is 0.429. The van der Waals surface area contributed by atoms with Crippen LogP contribution in [0.2, 0.25) is 0 Å². The van der Waals surface area contributed by atoms with E-state index < -0.39 is 0 Å². The SMILES string of the molecule is CCCC[N+]([O-])(CC)CC. The van der Waals surface area contributed by atoms with Crippen LogP contribution in [-0.2, 0) is 0 Å². The maximum Gasteiger partial charge on any atom is 0.0783 e. The second kappa shape index (κ2) is 4.69. The fourth-order valence-electron chi connectivity index (χ4n) is 0.986. The van der Waals surface area contributed by atoms with E-state index in [9.17, 15) is 5.21 Å². The fourth-order valence-corrected chi connectivity index (χ4v) is 0.986. The first-order chi connectivity index (χ1) is 4.68. The summed E-state index contributed by atoms with van der Waals surface area (Å²) in [6.45, 7) is 8.28. The van der Waals surface area contributed by atoms with Gasteiger partial charge < -0.3 is 9.85 Å². The normalized spacial score (nSPS) is 12.0. The van der Waals surface area contributed by atoms with Crippen molar-refractivity contribution >= 4 is 0 Å². The number of rotatable bonds is 5. The molecule has 2 nitrogen and oxygen atoms in total. The standard InChI is InChI=1S/C8H19NO/c1-4-7-8-9(10,5-2)6-3/h4-8H2,1-3H3. The van der Waals surface area contributed by atoms with Crippen LogP contribution in [0.1, 0.15) is 33.6 Å². The van der Waals surface area contributed by atoms with Crippen LogP contribution >= 0.6 is 0 Å².